The van der Waals surface area contributed by atoms with Gasteiger partial charge in [-0.15, -0.1) is 12.4 Å². The van der Waals surface area contributed by atoms with Crippen LogP contribution in [0.4, 0.5) is 0 Å². The van der Waals surface area contributed by atoms with Crippen LogP contribution in [0.15, 0.2) is 47.4 Å². The predicted octanol–water partition coefficient (Wildman–Crippen LogP) is 3.37. The largest absolute Gasteiger partial charge is 0.472 e. The first-order valence-electron chi connectivity index (χ1n) is 11.9. The van der Waals surface area contributed by atoms with E-state index in [1.54, 1.807) is 10.4 Å². The van der Waals surface area contributed by atoms with Crippen molar-refractivity contribution in [2.45, 2.75) is 62.1 Å². The topological polar surface area (TPSA) is 102 Å². The number of fused-ring (bicyclic) bond motifs is 1. The van der Waals surface area contributed by atoms with E-state index >= 15 is 0 Å². The number of sulfonamides is 1. The minimum absolute atomic E-state index is 0. The van der Waals surface area contributed by atoms with Gasteiger partial charge in [-0.1, -0.05) is 30.3 Å². The zero-order valence-corrected chi connectivity index (χ0v) is 21.3. The number of hydrazine groups is 1. The van der Waals surface area contributed by atoms with Crippen molar-refractivity contribution >= 4 is 22.4 Å². The number of rotatable bonds is 5. The SMILES string of the molecule is CC1(N)Cc2cc(S(=O)(=O)N3CCCC3)cc(C[C@@H]3CCCN(N)[C@@H]3c3ccccc3)c2O1.Cl. The normalized spacial score (nSPS) is 27.7. The van der Waals surface area contributed by atoms with E-state index in [1.807, 2.05) is 36.2 Å². The van der Waals surface area contributed by atoms with E-state index in [-0.39, 0.29) is 24.4 Å². The highest BCUT2D eigenvalue weighted by Crippen LogP contribution is 2.43. The molecule has 1 unspecified atom stereocenters. The molecule has 4 N–H and O–H groups in total. The molecule has 9 heteroatoms. The first kappa shape index (κ1) is 25.4. The fraction of sp³-hybridized carbons (Fsp3) is 0.520. The second kappa shape index (κ2) is 9.76. The number of ether oxygens (including phenoxy) is 1. The number of halogens is 1. The third kappa shape index (κ3) is 4.85. The van der Waals surface area contributed by atoms with Crippen LogP contribution < -0.4 is 16.3 Å². The fourth-order valence-electron chi connectivity index (χ4n) is 5.72. The molecule has 2 fully saturated rings. The maximum atomic E-state index is 13.4. The lowest BCUT2D eigenvalue weighted by molar-refractivity contribution is 0.0903. The fourth-order valence-corrected chi connectivity index (χ4v) is 7.34. The minimum atomic E-state index is -3.54. The van der Waals surface area contributed by atoms with Gasteiger partial charge in [0, 0.05) is 31.6 Å². The van der Waals surface area contributed by atoms with E-state index in [4.69, 9.17) is 16.3 Å². The van der Waals surface area contributed by atoms with E-state index in [9.17, 15) is 8.42 Å². The number of benzene rings is 2. The molecule has 5 rings (SSSR count). The van der Waals surface area contributed by atoms with Gasteiger partial charge in [-0.2, -0.15) is 4.31 Å². The Morgan fingerprint density at radius 2 is 1.79 bits per heavy atom. The molecule has 2 saturated heterocycles. The van der Waals surface area contributed by atoms with Gasteiger partial charge in [0.1, 0.15) is 5.75 Å². The summed E-state index contributed by atoms with van der Waals surface area (Å²) in [7, 11) is -3.54. The highest BCUT2D eigenvalue weighted by molar-refractivity contribution is 7.89. The monoisotopic (exact) mass is 506 g/mol. The van der Waals surface area contributed by atoms with Crippen molar-refractivity contribution in [3.05, 3.63) is 59.2 Å². The van der Waals surface area contributed by atoms with Crippen LogP contribution in [0.1, 0.15) is 55.3 Å². The molecule has 0 bridgehead atoms. The average molecular weight is 507 g/mol. The van der Waals surface area contributed by atoms with Crippen LogP contribution in [0.5, 0.6) is 5.75 Å². The molecule has 3 aliphatic heterocycles. The highest BCUT2D eigenvalue weighted by atomic mass is 35.5. The first-order valence-corrected chi connectivity index (χ1v) is 13.4. The van der Waals surface area contributed by atoms with E-state index in [1.165, 1.54) is 5.56 Å². The molecule has 0 spiro atoms. The molecule has 0 aromatic heterocycles. The Morgan fingerprint density at radius 3 is 2.50 bits per heavy atom. The molecule has 0 saturated carbocycles. The Balaban J connectivity index is 0.00000274. The van der Waals surface area contributed by atoms with Gasteiger partial charge in [0.2, 0.25) is 10.0 Å². The number of piperidine rings is 1. The van der Waals surface area contributed by atoms with Gasteiger partial charge < -0.3 is 4.74 Å². The minimum Gasteiger partial charge on any atom is -0.472 e. The number of hydrogen-bond acceptors (Lipinski definition) is 6. The molecule has 2 aromatic carbocycles. The number of nitrogens with two attached hydrogens (primary N) is 2. The maximum Gasteiger partial charge on any atom is 0.243 e. The van der Waals surface area contributed by atoms with Gasteiger partial charge in [-0.25, -0.2) is 13.4 Å². The van der Waals surface area contributed by atoms with Crippen molar-refractivity contribution in [2.75, 3.05) is 19.6 Å². The van der Waals surface area contributed by atoms with Gasteiger partial charge in [-0.3, -0.25) is 11.6 Å². The van der Waals surface area contributed by atoms with E-state index in [0.717, 1.165) is 49.1 Å². The molecule has 7 nitrogen and oxygen atoms in total. The molecule has 3 atom stereocenters. The molecule has 2 aromatic rings. The third-order valence-electron chi connectivity index (χ3n) is 7.21. The summed E-state index contributed by atoms with van der Waals surface area (Å²) in [6.07, 6.45) is 5.03. The zero-order chi connectivity index (χ0) is 23.2. The van der Waals surface area contributed by atoms with Crippen molar-refractivity contribution in [1.29, 1.82) is 0 Å². The van der Waals surface area contributed by atoms with Crippen LogP contribution in [0, 0.1) is 5.92 Å². The lowest BCUT2D eigenvalue weighted by atomic mass is 9.81. The second-order valence-electron chi connectivity index (χ2n) is 9.97. The van der Waals surface area contributed by atoms with Gasteiger partial charge in [-0.05, 0) is 68.2 Å². The summed E-state index contributed by atoms with van der Waals surface area (Å²) in [5.41, 5.74) is 8.49. The zero-order valence-electron chi connectivity index (χ0n) is 19.7. The van der Waals surface area contributed by atoms with Crippen LogP contribution in [0.2, 0.25) is 0 Å². The summed E-state index contributed by atoms with van der Waals surface area (Å²) >= 11 is 0. The van der Waals surface area contributed by atoms with Crippen LogP contribution >= 0.6 is 12.4 Å². The van der Waals surface area contributed by atoms with Crippen LogP contribution in [0.25, 0.3) is 0 Å². The molecule has 186 valence electrons. The molecule has 3 heterocycles. The Bertz CT molecular complexity index is 1120. The van der Waals surface area contributed by atoms with Crippen molar-refractivity contribution < 1.29 is 13.2 Å². The molecule has 0 amide bonds. The third-order valence-corrected chi connectivity index (χ3v) is 9.09. The summed E-state index contributed by atoms with van der Waals surface area (Å²) in [5.74, 6) is 7.47. The molecule has 34 heavy (non-hydrogen) atoms. The second-order valence-corrected chi connectivity index (χ2v) is 11.9. The lowest BCUT2D eigenvalue weighted by Gasteiger charge is -2.39. The Labute approximate surface area is 208 Å². The first-order chi connectivity index (χ1) is 15.7. The number of hydrogen-bond donors (Lipinski definition) is 2. The van der Waals surface area contributed by atoms with Gasteiger partial charge in [0.15, 0.2) is 5.72 Å². The molecule has 3 aliphatic rings. The van der Waals surface area contributed by atoms with E-state index in [0.29, 0.717) is 30.8 Å². The molecular weight excluding hydrogens is 472 g/mol. The van der Waals surface area contributed by atoms with Gasteiger partial charge in [0.05, 0.1) is 10.9 Å². The van der Waals surface area contributed by atoms with E-state index in [2.05, 4.69) is 12.1 Å². The quantitative estimate of drug-likeness (QED) is 0.603. The van der Waals surface area contributed by atoms with Gasteiger partial charge in [0.25, 0.3) is 0 Å². The van der Waals surface area contributed by atoms with Crippen molar-refractivity contribution in [1.82, 2.24) is 9.31 Å². The van der Waals surface area contributed by atoms with Crippen molar-refractivity contribution in [3.63, 3.8) is 0 Å². The summed E-state index contributed by atoms with van der Waals surface area (Å²) in [5, 5.41) is 1.93. The number of nitrogens with zero attached hydrogens (tertiary/aromatic N) is 2. The van der Waals surface area contributed by atoms with Gasteiger partial charge >= 0.3 is 0 Å². The molecular formula is C25H35ClN4O3S. The molecule has 0 radical (unpaired) electrons. The maximum absolute atomic E-state index is 13.4. The smallest absolute Gasteiger partial charge is 0.243 e. The summed E-state index contributed by atoms with van der Waals surface area (Å²) in [6, 6.07) is 14.0. The summed E-state index contributed by atoms with van der Waals surface area (Å²) in [4.78, 5) is 0.358. The summed E-state index contributed by atoms with van der Waals surface area (Å²) in [6.45, 7) is 3.86. The standard InChI is InChI=1S/C25H34N4O3S.ClH/c1-25(26)17-21-16-22(33(30,31)28-11-5-6-12-28)15-20(24(21)32-25)14-19-10-7-13-29(27)23(19)18-8-3-2-4-9-18;/h2-4,8-9,15-16,19,23H,5-7,10-14,17,26-27H2,1H3;1H/t19-,23+,25?;/m0./s1. The Hall–Kier alpha value is -1.68. The van der Waals surface area contributed by atoms with E-state index < -0.39 is 15.7 Å². The average Bonchev–Trinajstić information content (AvgIpc) is 3.42. The van der Waals surface area contributed by atoms with Crippen molar-refractivity contribution in [2.24, 2.45) is 17.5 Å². The Kier molecular flexibility index (Phi) is 7.29. The lowest BCUT2D eigenvalue weighted by Crippen LogP contribution is -2.44. The van der Waals surface area contributed by atoms with Crippen LogP contribution in [-0.4, -0.2) is 43.1 Å². The molecule has 0 aliphatic carbocycles. The summed E-state index contributed by atoms with van der Waals surface area (Å²) < 4.78 is 34.6. The van der Waals surface area contributed by atoms with Crippen LogP contribution in [-0.2, 0) is 22.9 Å². The van der Waals surface area contributed by atoms with Crippen molar-refractivity contribution in [3.8, 4) is 5.75 Å². The highest BCUT2D eigenvalue weighted by Gasteiger charge is 2.38. The predicted molar refractivity (Wildman–Crippen MR) is 135 cm³/mol. The van der Waals surface area contributed by atoms with Crippen LogP contribution in [0.3, 0.4) is 0 Å². The Morgan fingerprint density at radius 1 is 1.09 bits per heavy atom.